The van der Waals surface area contributed by atoms with Crippen LogP contribution in [0.25, 0.3) is 11.4 Å². The fraction of sp³-hybridized carbons (Fsp3) is 0.500. The molecule has 0 bridgehead atoms. The Morgan fingerprint density at radius 2 is 2.04 bits per heavy atom. The molecule has 1 atom stereocenters. The van der Waals surface area contributed by atoms with Crippen LogP contribution >= 0.6 is 0 Å². The summed E-state index contributed by atoms with van der Waals surface area (Å²) in [5.74, 6) is 0.265. The van der Waals surface area contributed by atoms with Crippen molar-refractivity contribution in [3.8, 4) is 11.4 Å². The van der Waals surface area contributed by atoms with Crippen molar-refractivity contribution in [1.82, 2.24) is 19.9 Å². The van der Waals surface area contributed by atoms with Gasteiger partial charge >= 0.3 is 6.18 Å². The average Bonchev–Trinajstić information content (AvgIpc) is 3.17. The predicted molar refractivity (Wildman–Crippen MR) is 93.2 cm³/mol. The molecule has 1 unspecified atom stereocenters. The lowest BCUT2D eigenvalue weighted by Crippen LogP contribution is -2.45. The highest BCUT2D eigenvalue weighted by molar-refractivity contribution is 5.78. The molecule has 2 aromatic rings. The highest BCUT2D eigenvalue weighted by atomic mass is 19.4. The van der Waals surface area contributed by atoms with Crippen LogP contribution < -0.4 is 0 Å². The Labute approximate surface area is 160 Å². The molecule has 3 rings (SSSR count). The number of benzene rings is 1. The molecular formula is C18H21F3N4O3. The first-order chi connectivity index (χ1) is 13.3. The maximum absolute atomic E-state index is 12.9. The van der Waals surface area contributed by atoms with E-state index in [1.165, 1.54) is 12.1 Å². The van der Waals surface area contributed by atoms with Crippen LogP contribution in [0.15, 0.2) is 28.8 Å². The Hall–Kier alpha value is -2.46. The fourth-order valence-corrected chi connectivity index (χ4v) is 2.81. The lowest BCUT2D eigenvalue weighted by molar-refractivity contribution is -0.138. The van der Waals surface area contributed by atoms with Gasteiger partial charge in [-0.3, -0.25) is 9.69 Å². The van der Waals surface area contributed by atoms with E-state index in [1.807, 2.05) is 0 Å². The second kappa shape index (κ2) is 8.27. The number of aromatic nitrogens is 2. The van der Waals surface area contributed by atoms with Crippen molar-refractivity contribution in [1.29, 1.82) is 0 Å². The molecule has 1 aliphatic heterocycles. The number of hydrogen-bond donors (Lipinski definition) is 0. The number of halogens is 3. The van der Waals surface area contributed by atoms with E-state index >= 15 is 0 Å². The number of nitrogens with zero attached hydrogens (tertiary/aromatic N) is 4. The van der Waals surface area contributed by atoms with Crippen molar-refractivity contribution in [2.75, 3.05) is 39.9 Å². The molecule has 1 saturated heterocycles. The van der Waals surface area contributed by atoms with Crippen LogP contribution in [0.1, 0.15) is 24.4 Å². The summed E-state index contributed by atoms with van der Waals surface area (Å²) in [5, 5.41) is 3.79. The molecule has 1 aliphatic rings. The van der Waals surface area contributed by atoms with Gasteiger partial charge in [0.1, 0.15) is 0 Å². The topological polar surface area (TPSA) is 71.7 Å². The number of morpholine rings is 1. The Morgan fingerprint density at radius 1 is 1.32 bits per heavy atom. The molecule has 1 amide bonds. The van der Waals surface area contributed by atoms with Crippen LogP contribution in [-0.2, 0) is 15.7 Å². The molecule has 0 saturated carbocycles. The Balaban J connectivity index is 1.68. The van der Waals surface area contributed by atoms with Crippen molar-refractivity contribution < 1.29 is 27.2 Å². The third-order valence-corrected chi connectivity index (χ3v) is 4.66. The van der Waals surface area contributed by atoms with Crippen molar-refractivity contribution in [3.63, 3.8) is 0 Å². The normalized spacial score (nSPS) is 16.4. The van der Waals surface area contributed by atoms with Crippen molar-refractivity contribution in [3.05, 3.63) is 35.7 Å². The minimum absolute atomic E-state index is 0.0322. The zero-order valence-electron chi connectivity index (χ0n) is 15.6. The molecule has 152 valence electrons. The number of carbonyl (C=O) groups is 1. The lowest BCUT2D eigenvalue weighted by atomic mass is 10.1. The molecule has 10 heteroatoms. The summed E-state index contributed by atoms with van der Waals surface area (Å²) in [6.45, 7) is 4.10. The van der Waals surface area contributed by atoms with Crippen molar-refractivity contribution in [2.45, 2.75) is 19.1 Å². The number of likely N-dealkylation sites (N-methyl/N-ethyl adjacent to an activating group) is 1. The van der Waals surface area contributed by atoms with Gasteiger partial charge in [0.15, 0.2) is 0 Å². The number of rotatable bonds is 5. The highest BCUT2D eigenvalue weighted by Gasteiger charge is 2.31. The Kier molecular flexibility index (Phi) is 5.99. The zero-order chi connectivity index (χ0) is 20.3. The monoisotopic (exact) mass is 398 g/mol. The van der Waals surface area contributed by atoms with Crippen molar-refractivity contribution in [2.24, 2.45) is 0 Å². The van der Waals surface area contributed by atoms with Crippen LogP contribution in [0.2, 0.25) is 0 Å². The average molecular weight is 398 g/mol. The van der Waals surface area contributed by atoms with Gasteiger partial charge in [0.05, 0.1) is 31.4 Å². The van der Waals surface area contributed by atoms with E-state index in [4.69, 9.17) is 9.26 Å². The summed E-state index contributed by atoms with van der Waals surface area (Å²) >= 11 is 0. The fourth-order valence-electron chi connectivity index (χ4n) is 2.81. The van der Waals surface area contributed by atoms with Gasteiger partial charge in [0.2, 0.25) is 17.6 Å². The standard InChI is InChI=1S/C18H21F3N4O3/c1-12(24(2)11-15(26)25-6-8-27-9-7-25)17-22-16(23-28-17)13-4-3-5-14(10-13)18(19,20)21/h3-5,10,12H,6-9,11H2,1-2H3. The van der Waals surface area contributed by atoms with E-state index in [9.17, 15) is 18.0 Å². The van der Waals surface area contributed by atoms with E-state index in [0.29, 0.717) is 26.3 Å². The number of hydrogen-bond acceptors (Lipinski definition) is 6. The second-order valence-corrected chi connectivity index (χ2v) is 6.62. The van der Waals surface area contributed by atoms with Crippen LogP contribution in [0.3, 0.4) is 0 Å². The van der Waals surface area contributed by atoms with Gasteiger partial charge < -0.3 is 14.2 Å². The molecule has 0 N–H and O–H groups in total. The first-order valence-corrected chi connectivity index (χ1v) is 8.82. The van der Waals surface area contributed by atoms with Gasteiger partial charge in [0.25, 0.3) is 0 Å². The molecule has 0 radical (unpaired) electrons. The maximum atomic E-state index is 12.9. The van der Waals surface area contributed by atoms with E-state index < -0.39 is 11.7 Å². The van der Waals surface area contributed by atoms with Crippen LogP contribution in [0, 0.1) is 0 Å². The number of carbonyl (C=O) groups excluding carboxylic acids is 1. The summed E-state index contributed by atoms with van der Waals surface area (Å²) < 4.78 is 49.1. The Bertz CT molecular complexity index is 818. The molecule has 28 heavy (non-hydrogen) atoms. The van der Waals surface area contributed by atoms with Gasteiger partial charge in [-0.05, 0) is 26.1 Å². The third kappa shape index (κ3) is 4.68. The van der Waals surface area contributed by atoms with Crippen LogP contribution in [-0.4, -0.2) is 65.7 Å². The largest absolute Gasteiger partial charge is 0.416 e. The summed E-state index contributed by atoms with van der Waals surface area (Å²) in [6, 6.07) is 4.37. The molecule has 0 aliphatic carbocycles. The van der Waals surface area contributed by atoms with Crippen LogP contribution in [0.5, 0.6) is 0 Å². The number of alkyl halides is 3. The third-order valence-electron chi connectivity index (χ3n) is 4.66. The van der Waals surface area contributed by atoms with E-state index in [2.05, 4.69) is 10.1 Å². The van der Waals surface area contributed by atoms with E-state index in [0.717, 1.165) is 12.1 Å². The molecule has 1 aromatic carbocycles. The second-order valence-electron chi connectivity index (χ2n) is 6.62. The number of amides is 1. The van der Waals surface area contributed by atoms with Crippen molar-refractivity contribution >= 4 is 5.91 Å². The molecule has 2 heterocycles. The first kappa shape index (κ1) is 20.3. The summed E-state index contributed by atoms with van der Waals surface area (Å²) in [5.41, 5.74) is -0.568. The van der Waals surface area contributed by atoms with E-state index in [-0.39, 0.29) is 35.8 Å². The Morgan fingerprint density at radius 3 is 2.71 bits per heavy atom. The SMILES string of the molecule is CC(c1nc(-c2cccc(C(F)(F)F)c2)no1)N(C)CC(=O)N1CCOCC1. The summed E-state index contributed by atoms with van der Waals surface area (Å²) in [7, 11) is 1.75. The van der Waals surface area contributed by atoms with Gasteiger partial charge in [-0.2, -0.15) is 18.2 Å². The predicted octanol–water partition coefficient (Wildman–Crippen LogP) is 2.61. The lowest BCUT2D eigenvalue weighted by Gasteiger charge is -2.29. The number of ether oxygens (including phenoxy) is 1. The van der Waals surface area contributed by atoms with Gasteiger partial charge in [-0.15, -0.1) is 0 Å². The van der Waals surface area contributed by atoms with Gasteiger partial charge in [0, 0.05) is 18.7 Å². The first-order valence-electron chi connectivity index (χ1n) is 8.82. The molecule has 7 nitrogen and oxygen atoms in total. The molecular weight excluding hydrogens is 377 g/mol. The minimum Gasteiger partial charge on any atom is -0.378 e. The highest BCUT2D eigenvalue weighted by Crippen LogP contribution is 2.31. The van der Waals surface area contributed by atoms with Gasteiger partial charge in [-0.1, -0.05) is 17.3 Å². The van der Waals surface area contributed by atoms with E-state index in [1.54, 1.807) is 23.8 Å². The smallest absolute Gasteiger partial charge is 0.378 e. The quantitative estimate of drug-likeness (QED) is 0.771. The molecule has 0 spiro atoms. The summed E-state index contributed by atoms with van der Waals surface area (Å²) in [6.07, 6.45) is -4.45. The molecule has 1 aromatic heterocycles. The minimum atomic E-state index is -4.45. The van der Waals surface area contributed by atoms with Gasteiger partial charge in [-0.25, -0.2) is 0 Å². The summed E-state index contributed by atoms with van der Waals surface area (Å²) in [4.78, 5) is 20.1. The zero-order valence-corrected chi connectivity index (χ0v) is 15.6. The van der Waals surface area contributed by atoms with Crippen LogP contribution in [0.4, 0.5) is 13.2 Å². The molecule has 1 fully saturated rings. The maximum Gasteiger partial charge on any atom is 0.416 e.